The molecule has 20 heavy (non-hydrogen) atoms. The minimum atomic E-state index is -0.446. The Hall–Kier alpha value is -0.420. The van der Waals surface area contributed by atoms with Crippen LogP contribution in [-0.4, -0.2) is 40.9 Å². The lowest BCUT2D eigenvalue weighted by atomic mass is 10.0. The Morgan fingerprint density at radius 3 is 2.20 bits per heavy atom. The van der Waals surface area contributed by atoms with Crippen molar-refractivity contribution in [3.8, 4) is 0 Å². The van der Waals surface area contributed by atoms with Gasteiger partial charge in [-0.05, 0) is 37.0 Å². The topological polar surface area (TPSA) is 43.7 Å². The summed E-state index contributed by atoms with van der Waals surface area (Å²) in [6, 6.07) is 8.28. The van der Waals surface area contributed by atoms with E-state index in [0.717, 1.165) is 29.4 Å². The Kier molecular flexibility index (Phi) is 8.38. The molecule has 114 valence electrons. The van der Waals surface area contributed by atoms with E-state index < -0.39 is 6.10 Å². The second-order valence-electron chi connectivity index (χ2n) is 5.09. The van der Waals surface area contributed by atoms with Gasteiger partial charge in [0.25, 0.3) is 0 Å². The zero-order chi connectivity index (χ0) is 15.0. The third kappa shape index (κ3) is 5.52. The summed E-state index contributed by atoms with van der Waals surface area (Å²) in [5.41, 5.74) is 0.946. The van der Waals surface area contributed by atoms with Gasteiger partial charge in [0.15, 0.2) is 0 Å². The Bertz CT molecular complexity index is 365. The van der Waals surface area contributed by atoms with Gasteiger partial charge in [-0.25, -0.2) is 0 Å². The molecule has 0 bridgehead atoms. The van der Waals surface area contributed by atoms with Crippen LogP contribution in [0.25, 0.3) is 0 Å². The molecule has 1 aromatic rings. The Morgan fingerprint density at radius 2 is 1.70 bits per heavy atom. The van der Waals surface area contributed by atoms with Crippen molar-refractivity contribution in [2.45, 2.75) is 45.3 Å². The first-order valence-electron chi connectivity index (χ1n) is 7.40. The molecule has 0 saturated heterocycles. The number of halogens is 1. The van der Waals surface area contributed by atoms with Gasteiger partial charge in [-0.1, -0.05) is 41.9 Å². The fourth-order valence-electron chi connectivity index (χ4n) is 2.55. The van der Waals surface area contributed by atoms with E-state index in [9.17, 15) is 10.2 Å². The summed E-state index contributed by atoms with van der Waals surface area (Å²) in [5, 5.41) is 19.4. The van der Waals surface area contributed by atoms with Crippen molar-refractivity contribution >= 4 is 15.9 Å². The van der Waals surface area contributed by atoms with E-state index in [4.69, 9.17) is 0 Å². The summed E-state index contributed by atoms with van der Waals surface area (Å²) < 4.78 is 1.02. The summed E-state index contributed by atoms with van der Waals surface area (Å²) in [6.07, 6.45) is 2.40. The maximum Gasteiger partial charge on any atom is 0.0802 e. The third-order valence-electron chi connectivity index (χ3n) is 3.79. The minimum absolute atomic E-state index is 0.172. The highest BCUT2D eigenvalue weighted by molar-refractivity contribution is 9.10. The first-order valence-corrected chi connectivity index (χ1v) is 8.20. The van der Waals surface area contributed by atoms with Gasteiger partial charge in [-0.3, -0.25) is 4.90 Å². The van der Waals surface area contributed by atoms with Crippen molar-refractivity contribution in [3.63, 3.8) is 0 Å². The molecule has 0 spiro atoms. The van der Waals surface area contributed by atoms with E-state index in [0.29, 0.717) is 19.0 Å². The zero-order valence-corrected chi connectivity index (χ0v) is 14.0. The molecule has 0 heterocycles. The first kappa shape index (κ1) is 17.6. The molecule has 4 heteroatoms. The largest absolute Gasteiger partial charge is 0.395 e. The number of aliphatic hydroxyl groups excluding tert-OH is 2. The number of nitrogens with zero attached hydrogens (tertiary/aromatic N) is 1. The van der Waals surface area contributed by atoms with Crippen LogP contribution in [0.4, 0.5) is 0 Å². The molecule has 0 radical (unpaired) electrons. The Balaban J connectivity index is 2.55. The fraction of sp³-hybridized carbons (Fsp3) is 0.625. The first-order chi connectivity index (χ1) is 9.62. The maximum atomic E-state index is 10.3. The van der Waals surface area contributed by atoms with Crippen molar-refractivity contribution in [1.82, 2.24) is 4.90 Å². The molecule has 0 aliphatic rings. The zero-order valence-electron chi connectivity index (χ0n) is 12.4. The lowest BCUT2D eigenvalue weighted by Gasteiger charge is -2.30. The number of hydrogen-bond acceptors (Lipinski definition) is 3. The standard InChI is InChI=1S/C16H26BrNO2/c1-3-15(4-2)18(11-12-19)10-9-16(20)13-5-7-14(17)8-6-13/h5-8,15-16,19-20H,3-4,9-12H2,1-2H3. The predicted octanol–water partition coefficient (Wildman–Crippen LogP) is 3.36. The smallest absolute Gasteiger partial charge is 0.0802 e. The van der Waals surface area contributed by atoms with Crippen molar-refractivity contribution < 1.29 is 10.2 Å². The summed E-state index contributed by atoms with van der Waals surface area (Å²) in [6.45, 7) is 6.00. The molecule has 3 nitrogen and oxygen atoms in total. The molecule has 0 saturated carbocycles. The van der Waals surface area contributed by atoms with Crippen molar-refractivity contribution in [1.29, 1.82) is 0 Å². The fourth-order valence-corrected chi connectivity index (χ4v) is 2.81. The molecule has 0 aromatic heterocycles. The average Bonchev–Trinajstić information content (AvgIpc) is 2.46. The number of hydrogen-bond donors (Lipinski definition) is 2. The van der Waals surface area contributed by atoms with Crippen LogP contribution < -0.4 is 0 Å². The number of benzene rings is 1. The number of rotatable bonds is 9. The normalized spacial score (nSPS) is 13.2. The molecular formula is C16H26BrNO2. The molecule has 0 amide bonds. The summed E-state index contributed by atoms with van der Waals surface area (Å²) in [7, 11) is 0. The van der Waals surface area contributed by atoms with Crippen molar-refractivity contribution in [2.24, 2.45) is 0 Å². The van der Waals surface area contributed by atoms with Gasteiger partial charge in [0.05, 0.1) is 12.7 Å². The van der Waals surface area contributed by atoms with Crippen LogP contribution in [0.15, 0.2) is 28.7 Å². The monoisotopic (exact) mass is 343 g/mol. The van der Waals surface area contributed by atoms with Crippen LogP contribution in [0.2, 0.25) is 0 Å². The summed E-state index contributed by atoms with van der Waals surface area (Å²) in [4.78, 5) is 2.28. The highest BCUT2D eigenvalue weighted by Crippen LogP contribution is 2.20. The second kappa shape index (κ2) is 9.50. The second-order valence-corrected chi connectivity index (χ2v) is 6.00. The van der Waals surface area contributed by atoms with Crippen molar-refractivity contribution in [3.05, 3.63) is 34.3 Å². The van der Waals surface area contributed by atoms with Gasteiger partial charge in [0, 0.05) is 23.6 Å². The van der Waals surface area contributed by atoms with E-state index in [1.807, 2.05) is 24.3 Å². The third-order valence-corrected chi connectivity index (χ3v) is 4.32. The van der Waals surface area contributed by atoms with Gasteiger partial charge < -0.3 is 10.2 Å². The molecule has 1 rings (SSSR count). The molecule has 2 N–H and O–H groups in total. The van der Waals surface area contributed by atoms with Gasteiger partial charge in [0.2, 0.25) is 0 Å². The molecule has 0 fully saturated rings. The van der Waals surface area contributed by atoms with E-state index in [2.05, 4.69) is 34.7 Å². The predicted molar refractivity (Wildman–Crippen MR) is 86.7 cm³/mol. The van der Waals surface area contributed by atoms with Crippen LogP contribution in [0.1, 0.15) is 44.8 Å². The van der Waals surface area contributed by atoms with Crippen LogP contribution in [0, 0.1) is 0 Å². The summed E-state index contributed by atoms with van der Waals surface area (Å²) in [5.74, 6) is 0. The minimum Gasteiger partial charge on any atom is -0.395 e. The lowest BCUT2D eigenvalue weighted by molar-refractivity contribution is 0.104. The van der Waals surface area contributed by atoms with Gasteiger partial charge in [-0.15, -0.1) is 0 Å². The molecular weight excluding hydrogens is 318 g/mol. The number of aliphatic hydroxyl groups is 2. The molecule has 0 aliphatic carbocycles. The van der Waals surface area contributed by atoms with Gasteiger partial charge in [-0.2, -0.15) is 0 Å². The molecule has 1 atom stereocenters. The SMILES string of the molecule is CCC(CC)N(CCO)CCC(O)c1ccc(Br)cc1. The lowest BCUT2D eigenvalue weighted by Crippen LogP contribution is -2.38. The van der Waals surface area contributed by atoms with Crippen LogP contribution in [-0.2, 0) is 0 Å². The van der Waals surface area contributed by atoms with Crippen LogP contribution >= 0.6 is 15.9 Å². The van der Waals surface area contributed by atoms with Crippen LogP contribution in [0.5, 0.6) is 0 Å². The van der Waals surface area contributed by atoms with E-state index in [1.165, 1.54) is 0 Å². The summed E-state index contributed by atoms with van der Waals surface area (Å²) >= 11 is 3.40. The van der Waals surface area contributed by atoms with E-state index >= 15 is 0 Å². The van der Waals surface area contributed by atoms with Gasteiger partial charge >= 0.3 is 0 Å². The van der Waals surface area contributed by atoms with E-state index in [1.54, 1.807) is 0 Å². The highest BCUT2D eigenvalue weighted by Gasteiger charge is 2.16. The average molecular weight is 344 g/mol. The molecule has 0 aliphatic heterocycles. The van der Waals surface area contributed by atoms with Gasteiger partial charge in [0.1, 0.15) is 0 Å². The van der Waals surface area contributed by atoms with Crippen molar-refractivity contribution in [2.75, 3.05) is 19.7 Å². The molecule has 1 unspecified atom stereocenters. The highest BCUT2D eigenvalue weighted by atomic mass is 79.9. The maximum absolute atomic E-state index is 10.3. The Morgan fingerprint density at radius 1 is 1.10 bits per heavy atom. The quantitative estimate of drug-likeness (QED) is 0.722. The molecule has 1 aromatic carbocycles. The van der Waals surface area contributed by atoms with Crippen LogP contribution in [0.3, 0.4) is 0 Å². The van der Waals surface area contributed by atoms with E-state index in [-0.39, 0.29) is 6.61 Å². The Labute approximate surface area is 130 Å².